The van der Waals surface area contributed by atoms with E-state index in [2.05, 4.69) is 0 Å². The number of hydrogen-bond donors (Lipinski definition) is 0. The number of carbonyl (C=O) groups excluding carboxylic acids is 2. The van der Waals surface area contributed by atoms with E-state index in [-0.39, 0.29) is 22.9 Å². The molecule has 32 heavy (non-hydrogen) atoms. The van der Waals surface area contributed by atoms with Gasteiger partial charge in [0.2, 0.25) is 0 Å². The van der Waals surface area contributed by atoms with Crippen molar-refractivity contribution in [3.05, 3.63) is 90.5 Å². The summed E-state index contributed by atoms with van der Waals surface area (Å²) in [5.74, 6) is 0.123. The Balaban J connectivity index is 1.57. The average Bonchev–Trinajstić information content (AvgIpc) is 3.31. The summed E-state index contributed by atoms with van der Waals surface area (Å²) in [7, 11) is 0. The van der Waals surface area contributed by atoms with Crippen LogP contribution in [0.25, 0.3) is 17.4 Å². The molecule has 0 atom stereocenters. The first-order chi connectivity index (χ1) is 15.2. The van der Waals surface area contributed by atoms with Crippen molar-refractivity contribution in [1.29, 1.82) is 0 Å². The molecule has 2 aromatic carbocycles. The van der Waals surface area contributed by atoms with Gasteiger partial charge in [0.15, 0.2) is 0 Å². The molecule has 162 valence electrons. The molecule has 3 aromatic rings. The number of nitro benzene ring substituents is 1. The number of carbonyl (C=O) groups is 2. The van der Waals surface area contributed by atoms with Crippen molar-refractivity contribution in [3.63, 3.8) is 0 Å². The molecule has 1 aliphatic heterocycles. The van der Waals surface area contributed by atoms with Crippen LogP contribution in [-0.2, 0) is 11.3 Å². The Morgan fingerprint density at radius 2 is 1.88 bits per heavy atom. The third-order valence-corrected chi connectivity index (χ3v) is 6.36. The van der Waals surface area contributed by atoms with Gasteiger partial charge in [0.25, 0.3) is 16.8 Å². The lowest BCUT2D eigenvalue weighted by Gasteiger charge is -2.12. The highest BCUT2D eigenvalue weighted by atomic mass is 35.5. The molecule has 2 amide bonds. The first kappa shape index (κ1) is 22.1. The molecular weight excluding hydrogens is 475 g/mol. The Bertz CT molecular complexity index is 1300. The van der Waals surface area contributed by atoms with Crippen molar-refractivity contribution in [2.45, 2.75) is 13.5 Å². The number of halogens is 2. The zero-order chi connectivity index (χ0) is 23.0. The zero-order valence-corrected chi connectivity index (χ0v) is 18.8. The molecule has 0 spiro atoms. The molecule has 0 radical (unpaired) electrons. The highest BCUT2D eigenvalue weighted by Crippen LogP contribution is 2.36. The summed E-state index contributed by atoms with van der Waals surface area (Å²) in [4.78, 5) is 37.3. The summed E-state index contributed by atoms with van der Waals surface area (Å²) in [5, 5.41) is 11.7. The Labute approximate surface area is 196 Å². The Morgan fingerprint density at radius 1 is 1.09 bits per heavy atom. The molecule has 0 aliphatic carbocycles. The van der Waals surface area contributed by atoms with Gasteiger partial charge in [-0.25, -0.2) is 0 Å². The second-order valence-electron chi connectivity index (χ2n) is 7.00. The van der Waals surface area contributed by atoms with Crippen LogP contribution < -0.4 is 0 Å². The van der Waals surface area contributed by atoms with Gasteiger partial charge >= 0.3 is 0 Å². The van der Waals surface area contributed by atoms with Crippen molar-refractivity contribution >= 4 is 57.9 Å². The summed E-state index contributed by atoms with van der Waals surface area (Å²) in [6.45, 7) is 1.82. The molecule has 1 aliphatic rings. The largest absolute Gasteiger partial charge is 0.456 e. The molecule has 10 heteroatoms. The fraction of sp³-hybridized carbons (Fsp3) is 0.0909. The molecule has 7 nitrogen and oxygen atoms in total. The molecule has 0 saturated carbocycles. The average molecular weight is 489 g/mol. The second-order valence-corrected chi connectivity index (χ2v) is 8.80. The molecular formula is C22H14Cl2N2O5S. The minimum absolute atomic E-state index is 0.0534. The van der Waals surface area contributed by atoms with E-state index in [4.69, 9.17) is 27.6 Å². The molecule has 0 unspecified atom stereocenters. The van der Waals surface area contributed by atoms with Gasteiger partial charge in [-0.05, 0) is 60.1 Å². The number of rotatable bonds is 5. The van der Waals surface area contributed by atoms with E-state index in [1.165, 1.54) is 12.1 Å². The Hall–Kier alpha value is -3.07. The maximum atomic E-state index is 12.8. The van der Waals surface area contributed by atoms with Gasteiger partial charge in [-0.3, -0.25) is 24.6 Å². The summed E-state index contributed by atoms with van der Waals surface area (Å²) in [5.41, 5.74) is 1.67. The first-order valence-electron chi connectivity index (χ1n) is 9.27. The van der Waals surface area contributed by atoms with Gasteiger partial charge in [0.05, 0.1) is 32.0 Å². The molecule has 1 aromatic heterocycles. The van der Waals surface area contributed by atoms with E-state index in [0.29, 0.717) is 26.9 Å². The van der Waals surface area contributed by atoms with E-state index in [1.807, 2.05) is 0 Å². The van der Waals surface area contributed by atoms with Crippen LogP contribution in [0.5, 0.6) is 0 Å². The number of nitrogens with zero attached hydrogens (tertiary/aromatic N) is 2. The number of imide groups is 1. The van der Waals surface area contributed by atoms with Gasteiger partial charge < -0.3 is 4.42 Å². The third-order valence-electron chi connectivity index (χ3n) is 4.71. The Kier molecular flexibility index (Phi) is 6.10. The van der Waals surface area contributed by atoms with E-state index >= 15 is 0 Å². The van der Waals surface area contributed by atoms with Crippen LogP contribution in [0.4, 0.5) is 10.5 Å². The summed E-state index contributed by atoms with van der Waals surface area (Å²) >= 11 is 12.7. The van der Waals surface area contributed by atoms with Crippen LogP contribution in [0, 0.1) is 17.0 Å². The first-order valence-corrected chi connectivity index (χ1v) is 10.8. The van der Waals surface area contributed by atoms with E-state index in [1.54, 1.807) is 49.4 Å². The smallest absolute Gasteiger partial charge is 0.293 e. The summed E-state index contributed by atoms with van der Waals surface area (Å²) < 4.78 is 5.72. The van der Waals surface area contributed by atoms with Crippen molar-refractivity contribution in [1.82, 2.24) is 4.90 Å². The van der Waals surface area contributed by atoms with Gasteiger partial charge in [-0.2, -0.15) is 0 Å². The molecule has 1 fully saturated rings. The van der Waals surface area contributed by atoms with Crippen LogP contribution in [-0.4, -0.2) is 21.0 Å². The molecule has 1 saturated heterocycles. The fourth-order valence-corrected chi connectivity index (χ4v) is 4.30. The number of thioether (sulfide) groups is 1. The lowest BCUT2D eigenvalue weighted by atomic mass is 10.1. The predicted molar refractivity (Wildman–Crippen MR) is 124 cm³/mol. The van der Waals surface area contributed by atoms with Crippen molar-refractivity contribution in [2.75, 3.05) is 0 Å². The second kappa shape index (κ2) is 8.82. The predicted octanol–water partition coefficient (Wildman–Crippen LogP) is 6.71. The number of benzene rings is 2. The standard InChI is InChI=1S/C22H14Cl2N2O5S/c1-12-2-5-15(18(8-12)26(29)30)19-7-4-14(31-19)10-20-21(27)25(22(28)32-20)11-13-3-6-16(23)17(24)9-13/h2-10H,11H2,1H3/b20-10-. The minimum Gasteiger partial charge on any atom is -0.456 e. The van der Waals surface area contributed by atoms with Gasteiger partial charge in [0, 0.05) is 12.1 Å². The zero-order valence-electron chi connectivity index (χ0n) is 16.5. The molecule has 4 rings (SSSR count). The lowest BCUT2D eigenvalue weighted by molar-refractivity contribution is -0.384. The van der Waals surface area contributed by atoms with E-state index in [9.17, 15) is 19.7 Å². The minimum atomic E-state index is -0.473. The third kappa shape index (κ3) is 4.43. The monoisotopic (exact) mass is 488 g/mol. The van der Waals surface area contributed by atoms with Crippen LogP contribution in [0.15, 0.2) is 57.9 Å². The lowest BCUT2D eigenvalue weighted by Crippen LogP contribution is -2.27. The van der Waals surface area contributed by atoms with Gasteiger partial charge in [-0.15, -0.1) is 0 Å². The maximum Gasteiger partial charge on any atom is 0.293 e. The molecule has 2 heterocycles. The summed E-state index contributed by atoms with van der Waals surface area (Å²) in [6, 6.07) is 12.9. The highest BCUT2D eigenvalue weighted by molar-refractivity contribution is 8.18. The van der Waals surface area contributed by atoms with Crippen molar-refractivity contribution in [2.24, 2.45) is 0 Å². The van der Waals surface area contributed by atoms with Crippen molar-refractivity contribution in [3.8, 4) is 11.3 Å². The molecule has 0 N–H and O–H groups in total. The highest BCUT2D eigenvalue weighted by Gasteiger charge is 2.35. The van der Waals surface area contributed by atoms with E-state index < -0.39 is 16.1 Å². The maximum absolute atomic E-state index is 12.8. The number of nitro groups is 1. The molecule has 0 bridgehead atoms. The SMILES string of the molecule is Cc1ccc(-c2ccc(/C=C3\SC(=O)N(Cc4ccc(Cl)c(Cl)c4)C3=O)o2)c([N+](=O)[O-])c1. The fourth-order valence-electron chi connectivity index (χ4n) is 3.16. The van der Waals surface area contributed by atoms with Gasteiger partial charge in [0.1, 0.15) is 11.5 Å². The van der Waals surface area contributed by atoms with Crippen LogP contribution in [0.2, 0.25) is 10.0 Å². The quantitative estimate of drug-likeness (QED) is 0.225. The van der Waals surface area contributed by atoms with Crippen molar-refractivity contribution < 1.29 is 18.9 Å². The number of amides is 2. The number of aryl methyl sites for hydroxylation is 1. The van der Waals surface area contributed by atoms with Crippen LogP contribution in [0.1, 0.15) is 16.9 Å². The van der Waals surface area contributed by atoms with Crippen LogP contribution in [0.3, 0.4) is 0 Å². The number of furan rings is 1. The number of hydrogen-bond acceptors (Lipinski definition) is 6. The van der Waals surface area contributed by atoms with Gasteiger partial charge in [-0.1, -0.05) is 35.3 Å². The van der Waals surface area contributed by atoms with E-state index in [0.717, 1.165) is 22.2 Å². The van der Waals surface area contributed by atoms with Crippen LogP contribution >= 0.6 is 35.0 Å². The normalized spacial score (nSPS) is 15.1. The topological polar surface area (TPSA) is 93.7 Å². The summed E-state index contributed by atoms with van der Waals surface area (Å²) in [6.07, 6.45) is 1.45. The Morgan fingerprint density at radius 3 is 2.59 bits per heavy atom.